The minimum absolute atomic E-state index is 0.381. The second-order valence-electron chi connectivity index (χ2n) is 5.01. The molecule has 0 heterocycles. The minimum atomic E-state index is -0.635. The third-order valence-electron chi connectivity index (χ3n) is 3.18. The van der Waals surface area contributed by atoms with Gasteiger partial charge in [-0.15, -0.1) is 0 Å². The molecule has 0 aliphatic rings. The molecular formula is C19H22N2O5. The fourth-order valence-corrected chi connectivity index (χ4v) is 2.03. The number of nitrogens with one attached hydrogen (secondary N) is 1. The monoisotopic (exact) mass is 358 g/mol. The molecule has 0 aromatic heterocycles. The first-order valence-corrected chi connectivity index (χ1v) is 8.17. The van der Waals surface area contributed by atoms with Gasteiger partial charge in [0.1, 0.15) is 19.0 Å². The first kappa shape index (κ1) is 19.1. The van der Waals surface area contributed by atoms with Crippen LogP contribution in [0.4, 0.5) is 4.79 Å². The summed E-state index contributed by atoms with van der Waals surface area (Å²) in [6.07, 6.45) is 0.853. The zero-order valence-electron chi connectivity index (χ0n) is 14.8. The number of para-hydroxylation sites is 1. The van der Waals surface area contributed by atoms with Gasteiger partial charge in [0.15, 0.2) is 11.5 Å². The fourth-order valence-electron chi connectivity index (χ4n) is 2.03. The Balaban J connectivity index is 1.91. The van der Waals surface area contributed by atoms with Gasteiger partial charge < -0.3 is 18.9 Å². The van der Waals surface area contributed by atoms with Gasteiger partial charge >= 0.3 is 6.09 Å². The first-order valence-electron chi connectivity index (χ1n) is 8.17. The third-order valence-corrected chi connectivity index (χ3v) is 3.18. The highest BCUT2D eigenvalue weighted by Crippen LogP contribution is 2.28. The number of methoxy groups -OCH3 is 1. The maximum absolute atomic E-state index is 11.0. The minimum Gasteiger partial charge on any atom is -0.490 e. The molecule has 0 atom stereocenters. The van der Waals surface area contributed by atoms with Crippen LogP contribution in [-0.4, -0.2) is 39.2 Å². The van der Waals surface area contributed by atoms with Crippen LogP contribution < -0.4 is 19.6 Å². The van der Waals surface area contributed by atoms with E-state index in [4.69, 9.17) is 14.2 Å². The van der Waals surface area contributed by atoms with E-state index >= 15 is 0 Å². The highest BCUT2D eigenvalue weighted by Gasteiger charge is 2.06. The van der Waals surface area contributed by atoms with E-state index in [2.05, 4.69) is 15.3 Å². The Kier molecular flexibility index (Phi) is 7.79. The van der Waals surface area contributed by atoms with Crippen molar-refractivity contribution < 1.29 is 23.7 Å². The summed E-state index contributed by atoms with van der Waals surface area (Å²) >= 11 is 0. The summed E-state index contributed by atoms with van der Waals surface area (Å²) in [5.74, 6) is 2.00. The van der Waals surface area contributed by atoms with Crippen LogP contribution in [0.1, 0.15) is 12.5 Å². The van der Waals surface area contributed by atoms with Crippen LogP contribution in [0.5, 0.6) is 17.2 Å². The molecule has 138 valence electrons. The first-order chi connectivity index (χ1) is 12.7. The molecule has 0 aliphatic carbocycles. The predicted octanol–water partition coefficient (Wildman–Crippen LogP) is 3.23. The number of amides is 1. The quantitative estimate of drug-likeness (QED) is 0.423. The van der Waals surface area contributed by atoms with Gasteiger partial charge in [0.25, 0.3) is 0 Å². The van der Waals surface area contributed by atoms with E-state index in [1.807, 2.05) is 37.3 Å². The van der Waals surface area contributed by atoms with E-state index in [9.17, 15) is 4.79 Å². The van der Waals surface area contributed by atoms with Gasteiger partial charge in [-0.25, -0.2) is 10.2 Å². The summed E-state index contributed by atoms with van der Waals surface area (Å²) in [6.45, 7) is 3.19. The van der Waals surface area contributed by atoms with E-state index in [1.165, 1.54) is 13.3 Å². The SMILES string of the molecule is CCOc1cc(/C=N\NC(=O)OC)ccc1OCCOc1ccccc1. The number of hydrogen-bond acceptors (Lipinski definition) is 6. The number of hydrogen-bond donors (Lipinski definition) is 1. The molecule has 0 saturated heterocycles. The Morgan fingerprint density at radius 2 is 1.81 bits per heavy atom. The van der Waals surface area contributed by atoms with Crippen LogP contribution in [-0.2, 0) is 4.74 Å². The average molecular weight is 358 g/mol. The van der Waals surface area contributed by atoms with Crippen molar-refractivity contribution in [2.75, 3.05) is 26.9 Å². The van der Waals surface area contributed by atoms with E-state index in [-0.39, 0.29) is 0 Å². The molecule has 0 unspecified atom stereocenters. The maximum Gasteiger partial charge on any atom is 0.427 e. The Morgan fingerprint density at radius 1 is 1.04 bits per heavy atom. The van der Waals surface area contributed by atoms with Crippen LogP contribution in [0.2, 0.25) is 0 Å². The molecule has 7 heteroatoms. The Morgan fingerprint density at radius 3 is 2.54 bits per heavy atom. The van der Waals surface area contributed by atoms with E-state index in [0.717, 1.165) is 11.3 Å². The predicted molar refractivity (Wildman–Crippen MR) is 98.2 cm³/mol. The molecule has 0 spiro atoms. The average Bonchev–Trinajstić information content (AvgIpc) is 2.67. The summed E-state index contributed by atoms with van der Waals surface area (Å²) in [4.78, 5) is 11.0. The summed E-state index contributed by atoms with van der Waals surface area (Å²) in [5.41, 5.74) is 2.97. The largest absolute Gasteiger partial charge is 0.490 e. The smallest absolute Gasteiger partial charge is 0.427 e. The summed E-state index contributed by atoms with van der Waals surface area (Å²) in [6, 6.07) is 14.9. The number of hydrazone groups is 1. The lowest BCUT2D eigenvalue weighted by Crippen LogP contribution is -2.16. The zero-order chi connectivity index (χ0) is 18.6. The normalized spacial score (nSPS) is 10.4. The molecule has 0 fully saturated rings. The van der Waals surface area contributed by atoms with Crippen LogP contribution >= 0.6 is 0 Å². The Labute approximate surface area is 152 Å². The molecule has 2 aromatic carbocycles. The molecule has 26 heavy (non-hydrogen) atoms. The van der Waals surface area contributed by atoms with Crippen LogP contribution in [0.15, 0.2) is 53.6 Å². The summed E-state index contributed by atoms with van der Waals surface area (Å²) in [7, 11) is 1.27. The lowest BCUT2D eigenvalue weighted by atomic mass is 10.2. The third kappa shape index (κ3) is 6.35. The highest BCUT2D eigenvalue weighted by atomic mass is 16.5. The topological polar surface area (TPSA) is 78.4 Å². The van der Waals surface area contributed by atoms with Crippen molar-refractivity contribution in [3.63, 3.8) is 0 Å². The number of ether oxygens (including phenoxy) is 4. The number of nitrogens with zero attached hydrogens (tertiary/aromatic N) is 1. The second kappa shape index (κ2) is 10.6. The molecular weight excluding hydrogens is 336 g/mol. The number of carbonyl (C=O) groups excluding carboxylic acids is 1. The number of carbonyl (C=O) groups is 1. The lowest BCUT2D eigenvalue weighted by Gasteiger charge is -2.13. The van der Waals surface area contributed by atoms with Crippen molar-refractivity contribution in [3.05, 3.63) is 54.1 Å². The highest BCUT2D eigenvalue weighted by molar-refractivity contribution is 5.82. The molecule has 0 bridgehead atoms. The Bertz CT molecular complexity index is 719. The van der Waals surface area contributed by atoms with Crippen molar-refractivity contribution in [3.8, 4) is 17.2 Å². The molecule has 0 radical (unpaired) electrons. The van der Waals surface area contributed by atoms with Crippen LogP contribution in [0, 0.1) is 0 Å². The molecule has 0 saturated carbocycles. The summed E-state index contributed by atoms with van der Waals surface area (Å²) in [5, 5.41) is 3.79. The van der Waals surface area contributed by atoms with Gasteiger partial charge in [0, 0.05) is 0 Å². The number of benzene rings is 2. The van der Waals surface area contributed by atoms with E-state index < -0.39 is 6.09 Å². The molecule has 2 aromatic rings. The second-order valence-corrected chi connectivity index (χ2v) is 5.01. The van der Waals surface area contributed by atoms with Gasteiger partial charge in [-0.1, -0.05) is 18.2 Å². The molecule has 1 N–H and O–H groups in total. The van der Waals surface area contributed by atoms with Crippen molar-refractivity contribution in [2.45, 2.75) is 6.92 Å². The van der Waals surface area contributed by atoms with Crippen LogP contribution in [0.25, 0.3) is 0 Å². The molecule has 7 nitrogen and oxygen atoms in total. The maximum atomic E-state index is 11.0. The Hall–Kier alpha value is -3.22. The zero-order valence-corrected chi connectivity index (χ0v) is 14.8. The molecule has 1 amide bonds. The van der Waals surface area contributed by atoms with Crippen molar-refractivity contribution in [1.82, 2.24) is 5.43 Å². The standard InChI is InChI=1S/C19H22N2O5/c1-3-24-18-13-15(14-20-21-19(22)23-2)9-10-17(18)26-12-11-25-16-7-5-4-6-8-16/h4-10,13-14H,3,11-12H2,1-2H3,(H,21,22)/b20-14-. The van der Waals surface area contributed by atoms with Gasteiger partial charge in [-0.2, -0.15) is 5.10 Å². The fraction of sp³-hybridized carbons (Fsp3) is 0.263. The molecule has 2 rings (SSSR count). The number of rotatable bonds is 9. The van der Waals surface area contributed by atoms with Crippen molar-refractivity contribution in [1.29, 1.82) is 0 Å². The van der Waals surface area contributed by atoms with E-state index in [1.54, 1.807) is 18.2 Å². The summed E-state index contributed by atoms with van der Waals surface area (Å²) < 4.78 is 21.4. The van der Waals surface area contributed by atoms with Gasteiger partial charge in [-0.05, 0) is 42.8 Å². The van der Waals surface area contributed by atoms with Gasteiger partial charge in [-0.3, -0.25) is 0 Å². The van der Waals surface area contributed by atoms with Crippen molar-refractivity contribution >= 4 is 12.3 Å². The molecule has 0 aliphatic heterocycles. The van der Waals surface area contributed by atoms with Gasteiger partial charge in [0.05, 0.1) is 19.9 Å². The van der Waals surface area contributed by atoms with Crippen molar-refractivity contribution in [2.24, 2.45) is 5.10 Å². The van der Waals surface area contributed by atoms with Gasteiger partial charge in [0.2, 0.25) is 0 Å². The van der Waals surface area contributed by atoms with Crippen LogP contribution in [0.3, 0.4) is 0 Å². The van der Waals surface area contributed by atoms with E-state index in [0.29, 0.717) is 31.3 Å². The lowest BCUT2D eigenvalue weighted by molar-refractivity contribution is 0.171.